The van der Waals surface area contributed by atoms with Crippen LogP contribution in [0.25, 0.3) is 0 Å². The number of benzene rings is 2. The Hall–Kier alpha value is -3.28. The second-order valence-electron chi connectivity index (χ2n) is 7.54. The summed E-state index contributed by atoms with van der Waals surface area (Å²) in [5.41, 5.74) is -2.34. The number of aryl methyl sites for hydroxylation is 1. The highest BCUT2D eigenvalue weighted by molar-refractivity contribution is 6.06. The molecular formula is C21H14F13NO4. The monoisotopic (exact) mass is 591 g/mol. The number of amides is 1. The highest BCUT2D eigenvalue weighted by Gasteiger charge is 2.80. The molecule has 0 atom stereocenters. The first-order valence-electron chi connectivity index (χ1n) is 9.91. The number of para-hydroxylation sites is 1. The Kier molecular flexibility index (Phi) is 8.49. The number of methoxy groups -OCH3 is 1. The van der Waals surface area contributed by atoms with Crippen LogP contribution in [0, 0.1) is 6.92 Å². The number of nitrogens with one attached hydrogen (secondary N) is 1. The lowest BCUT2D eigenvalue weighted by Gasteiger charge is -2.35. The topological polar surface area (TPSA) is 56.8 Å². The largest absolute Gasteiger partial charge is 0.527 e. The van der Waals surface area contributed by atoms with Crippen molar-refractivity contribution >= 4 is 11.6 Å². The third-order valence-electron chi connectivity index (χ3n) is 4.74. The van der Waals surface area contributed by atoms with Gasteiger partial charge in [-0.05, 0) is 30.7 Å². The number of rotatable bonds is 10. The Morgan fingerprint density at radius 1 is 0.744 bits per heavy atom. The lowest BCUT2D eigenvalue weighted by atomic mass is 10.1. The molecule has 0 unspecified atom stereocenters. The lowest BCUT2D eigenvalue weighted by Crippen LogP contribution is -2.61. The molecule has 18 heteroatoms. The van der Waals surface area contributed by atoms with E-state index in [0.717, 1.165) is 6.07 Å². The van der Waals surface area contributed by atoms with E-state index in [9.17, 15) is 61.9 Å². The lowest BCUT2D eigenvalue weighted by molar-refractivity contribution is -0.535. The molecule has 0 aliphatic heterocycles. The summed E-state index contributed by atoms with van der Waals surface area (Å²) >= 11 is 0. The number of alkyl halides is 13. The number of hydrogen-bond donors (Lipinski definition) is 1. The molecule has 2 aromatic rings. The highest BCUT2D eigenvalue weighted by atomic mass is 19.4. The maximum absolute atomic E-state index is 14.4. The number of ether oxygens (including phenoxy) is 3. The van der Waals surface area contributed by atoms with Gasteiger partial charge in [0, 0.05) is 11.3 Å². The third kappa shape index (κ3) is 6.48. The minimum absolute atomic E-state index is 0.0332. The number of carbonyl (C=O) groups excluding carboxylic acids is 1. The van der Waals surface area contributed by atoms with E-state index in [1.54, 1.807) is 4.74 Å². The fraction of sp³-hybridized carbons (Fsp3) is 0.381. The second-order valence-corrected chi connectivity index (χ2v) is 7.54. The fourth-order valence-corrected chi connectivity index (χ4v) is 2.93. The van der Waals surface area contributed by atoms with Crippen molar-refractivity contribution in [1.82, 2.24) is 0 Å². The van der Waals surface area contributed by atoms with Gasteiger partial charge in [0.15, 0.2) is 0 Å². The Morgan fingerprint density at radius 2 is 1.28 bits per heavy atom. The maximum atomic E-state index is 14.4. The van der Waals surface area contributed by atoms with Gasteiger partial charge in [0.05, 0.1) is 12.7 Å². The molecule has 0 aromatic heterocycles. The van der Waals surface area contributed by atoms with Crippen molar-refractivity contribution in [2.45, 2.75) is 43.5 Å². The van der Waals surface area contributed by atoms with Crippen molar-refractivity contribution in [3.8, 4) is 5.75 Å². The summed E-state index contributed by atoms with van der Waals surface area (Å²) in [6.07, 6.45) is -28.0. The normalized spacial score (nSPS) is 13.8. The van der Waals surface area contributed by atoms with Gasteiger partial charge in [-0.25, -0.2) is 9.47 Å². The Balaban J connectivity index is 2.37. The number of anilines is 1. The van der Waals surface area contributed by atoms with E-state index < -0.39 is 53.7 Å². The Bertz CT molecular complexity index is 1200. The first-order chi connectivity index (χ1) is 17.5. The average Bonchev–Trinajstić information content (AvgIpc) is 2.76. The van der Waals surface area contributed by atoms with E-state index in [4.69, 9.17) is 4.74 Å². The summed E-state index contributed by atoms with van der Waals surface area (Å²) in [7, 11) is 1.19. The minimum Gasteiger partial charge on any atom is -0.496 e. The summed E-state index contributed by atoms with van der Waals surface area (Å²) in [5.74, 6) is -14.5. The smallest absolute Gasteiger partial charge is 0.496 e. The van der Waals surface area contributed by atoms with Gasteiger partial charge in [-0.1, -0.05) is 24.3 Å². The zero-order valence-corrected chi connectivity index (χ0v) is 19.1. The summed E-state index contributed by atoms with van der Waals surface area (Å²) in [5, 5.41) is 2.01. The van der Waals surface area contributed by atoms with Crippen molar-refractivity contribution in [1.29, 1.82) is 0 Å². The molecule has 1 N–H and O–H groups in total. The van der Waals surface area contributed by atoms with E-state index in [-0.39, 0.29) is 23.4 Å². The predicted octanol–water partition coefficient (Wildman–Crippen LogP) is 7.31. The number of hydrogen-bond acceptors (Lipinski definition) is 4. The Morgan fingerprint density at radius 3 is 1.82 bits per heavy atom. The first kappa shape index (κ1) is 31.9. The minimum atomic E-state index is -7.53. The second kappa shape index (κ2) is 10.4. The van der Waals surface area contributed by atoms with Crippen molar-refractivity contribution in [2.24, 2.45) is 0 Å². The van der Waals surface area contributed by atoms with Crippen LogP contribution in [0.1, 0.15) is 21.5 Å². The molecule has 39 heavy (non-hydrogen) atoms. The molecule has 2 aromatic carbocycles. The van der Waals surface area contributed by atoms with Gasteiger partial charge in [-0.15, -0.1) is 13.2 Å². The molecule has 0 heterocycles. The predicted molar refractivity (Wildman–Crippen MR) is 104 cm³/mol. The zero-order chi connectivity index (χ0) is 30.2. The summed E-state index contributed by atoms with van der Waals surface area (Å²) in [4.78, 5) is 12.5. The third-order valence-corrected chi connectivity index (χ3v) is 4.74. The van der Waals surface area contributed by atoms with Crippen LogP contribution in [0.15, 0.2) is 42.5 Å². The highest BCUT2D eigenvalue weighted by Crippen LogP contribution is 2.54. The first-order valence-corrected chi connectivity index (χ1v) is 9.91. The van der Waals surface area contributed by atoms with Crippen LogP contribution in [0.3, 0.4) is 0 Å². The molecule has 0 saturated heterocycles. The molecule has 0 spiro atoms. The molecule has 0 aliphatic carbocycles. The molecule has 0 radical (unpaired) electrons. The van der Waals surface area contributed by atoms with Gasteiger partial charge >= 0.3 is 36.5 Å². The van der Waals surface area contributed by atoms with Crippen molar-refractivity contribution < 1.29 is 76.1 Å². The van der Waals surface area contributed by atoms with Gasteiger partial charge < -0.3 is 10.1 Å². The summed E-state index contributed by atoms with van der Waals surface area (Å²) < 4.78 is 181. The molecule has 0 aliphatic rings. The van der Waals surface area contributed by atoms with Crippen molar-refractivity contribution in [3.05, 3.63) is 59.2 Å². The van der Waals surface area contributed by atoms with Crippen LogP contribution in [0.2, 0.25) is 0 Å². The molecule has 0 fully saturated rings. The van der Waals surface area contributed by atoms with E-state index in [1.807, 2.05) is 10.1 Å². The average molecular weight is 591 g/mol. The SMILES string of the molecule is COc1c(C)cccc1C(=O)Nc1cccc(C(F)(F)C(F)(F)OC(F)(F)C(F)(F)C(F)(F)OC(F)(F)F)c1. The van der Waals surface area contributed by atoms with Crippen molar-refractivity contribution in [3.63, 3.8) is 0 Å². The summed E-state index contributed by atoms with van der Waals surface area (Å²) in [6, 6.07) is 5.81. The van der Waals surface area contributed by atoms with Crippen LogP contribution in [-0.4, -0.2) is 43.6 Å². The van der Waals surface area contributed by atoms with E-state index in [1.165, 1.54) is 32.2 Å². The van der Waals surface area contributed by atoms with Gasteiger partial charge in [-0.3, -0.25) is 4.79 Å². The fourth-order valence-electron chi connectivity index (χ4n) is 2.93. The van der Waals surface area contributed by atoms with Crippen molar-refractivity contribution in [2.75, 3.05) is 12.4 Å². The van der Waals surface area contributed by atoms with E-state index in [0.29, 0.717) is 11.6 Å². The zero-order valence-electron chi connectivity index (χ0n) is 19.1. The van der Waals surface area contributed by atoms with Gasteiger partial charge in [0.2, 0.25) is 0 Å². The van der Waals surface area contributed by atoms with Crippen LogP contribution in [0.4, 0.5) is 62.8 Å². The summed E-state index contributed by atoms with van der Waals surface area (Å²) in [6.45, 7) is 1.53. The van der Waals surface area contributed by atoms with Crippen LogP contribution >= 0.6 is 0 Å². The van der Waals surface area contributed by atoms with Crippen LogP contribution in [0.5, 0.6) is 5.75 Å². The van der Waals surface area contributed by atoms with Gasteiger partial charge in [-0.2, -0.15) is 43.9 Å². The van der Waals surface area contributed by atoms with E-state index in [2.05, 4.69) is 0 Å². The van der Waals surface area contributed by atoms with Crippen LogP contribution < -0.4 is 10.1 Å². The molecule has 1 amide bonds. The molecular weight excluding hydrogens is 577 g/mol. The van der Waals surface area contributed by atoms with Crippen LogP contribution in [-0.2, 0) is 15.4 Å². The van der Waals surface area contributed by atoms with Gasteiger partial charge in [0.1, 0.15) is 5.75 Å². The molecule has 0 saturated carbocycles. The molecule has 0 bridgehead atoms. The number of carbonyl (C=O) groups is 1. The maximum Gasteiger partial charge on any atom is 0.527 e. The quantitative estimate of drug-likeness (QED) is 0.295. The molecule has 2 rings (SSSR count). The molecule has 5 nitrogen and oxygen atoms in total. The Labute approximate surface area is 209 Å². The molecule has 218 valence electrons. The standard InChI is InChI=1S/C21H14F13NO4/c1-10-5-3-8-13(14(10)37-2)15(36)35-12-7-4-6-11(9-12)16(22,23)18(26,27)38-19(28,29)17(24,25)20(30,31)39-21(32,33)34/h3-9H,1-2H3,(H,35,36). The number of halogens is 13. The van der Waals surface area contributed by atoms with Gasteiger partial charge in [0.25, 0.3) is 5.91 Å². The van der Waals surface area contributed by atoms with E-state index >= 15 is 0 Å².